The van der Waals surface area contributed by atoms with Crippen molar-refractivity contribution < 1.29 is 17.9 Å². The molecule has 130 valence electrons. The summed E-state index contributed by atoms with van der Waals surface area (Å²) in [6.45, 7) is 6.54. The van der Waals surface area contributed by atoms with Gasteiger partial charge in [-0.1, -0.05) is 18.5 Å². The van der Waals surface area contributed by atoms with Crippen molar-refractivity contribution >= 4 is 21.6 Å². The largest absolute Gasteiger partial charge is 0.492 e. The van der Waals surface area contributed by atoms with Gasteiger partial charge in [0.05, 0.1) is 29.7 Å². The minimum atomic E-state index is -3.57. The third-order valence-electron chi connectivity index (χ3n) is 3.50. The fourth-order valence-electron chi connectivity index (χ4n) is 2.22. The van der Waals surface area contributed by atoms with Crippen molar-refractivity contribution in [2.75, 3.05) is 46.0 Å². The van der Waals surface area contributed by atoms with Gasteiger partial charge in [0, 0.05) is 32.2 Å². The Kier molecular flexibility index (Phi) is 7.10. The summed E-state index contributed by atoms with van der Waals surface area (Å²) in [5, 5.41) is 0.408. The van der Waals surface area contributed by atoms with Gasteiger partial charge < -0.3 is 9.47 Å². The Balaban J connectivity index is 1.95. The maximum Gasteiger partial charge on any atom is 0.240 e. The molecule has 1 aromatic rings. The van der Waals surface area contributed by atoms with Crippen LogP contribution in [0, 0.1) is 0 Å². The predicted molar refractivity (Wildman–Crippen MR) is 89.7 cm³/mol. The van der Waals surface area contributed by atoms with Gasteiger partial charge in [0.2, 0.25) is 10.0 Å². The first-order valence-electron chi connectivity index (χ1n) is 7.75. The van der Waals surface area contributed by atoms with Crippen molar-refractivity contribution in [3.8, 4) is 5.75 Å². The highest BCUT2D eigenvalue weighted by atomic mass is 35.5. The molecule has 0 aromatic heterocycles. The van der Waals surface area contributed by atoms with E-state index in [4.69, 9.17) is 21.1 Å². The molecular weight excluding hydrogens is 340 g/mol. The number of hydrogen-bond acceptors (Lipinski definition) is 5. The van der Waals surface area contributed by atoms with E-state index >= 15 is 0 Å². The Morgan fingerprint density at radius 2 is 2.09 bits per heavy atom. The van der Waals surface area contributed by atoms with Gasteiger partial charge in [-0.25, -0.2) is 13.1 Å². The quantitative estimate of drug-likeness (QED) is 0.763. The topological polar surface area (TPSA) is 67.9 Å². The lowest BCUT2D eigenvalue weighted by atomic mass is 10.3. The van der Waals surface area contributed by atoms with Crippen LogP contribution in [0.25, 0.3) is 0 Å². The smallest absolute Gasteiger partial charge is 0.240 e. The molecule has 6 nitrogen and oxygen atoms in total. The highest BCUT2D eigenvalue weighted by molar-refractivity contribution is 7.89. The molecule has 2 rings (SSSR count). The van der Waals surface area contributed by atoms with E-state index in [-0.39, 0.29) is 4.90 Å². The molecular formula is C15H23ClN2O4S. The summed E-state index contributed by atoms with van der Waals surface area (Å²) in [7, 11) is -3.57. The molecule has 0 radical (unpaired) electrons. The van der Waals surface area contributed by atoms with Crippen LogP contribution >= 0.6 is 11.6 Å². The molecule has 0 atom stereocenters. The van der Waals surface area contributed by atoms with E-state index in [0.29, 0.717) is 43.7 Å². The third-order valence-corrected chi connectivity index (χ3v) is 5.27. The molecule has 0 unspecified atom stereocenters. The molecule has 8 heteroatoms. The van der Waals surface area contributed by atoms with Crippen molar-refractivity contribution in [1.29, 1.82) is 0 Å². The molecule has 0 amide bonds. The Bertz CT molecular complexity index is 603. The van der Waals surface area contributed by atoms with Gasteiger partial charge >= 0.3 is 0 Å². The van der Waals surface area contributed by atoms with Gasteiger partial charge in [-0.15, -0.1) is 0 Å². The maximum atomic E-state index is 12.4. The Hall–Kier alpha value is -0.860. The van der Waals surface area contributed by atoms with E-state index in [1.54, 1.807) is 6.07 Å². The highest BCUT2D eigenvalue weighted by Crippen LogP contribution is 2.27. The highest BCUT2D eigenvalue weighted by Gasteiger charge is 2.17. The molecule has 1 N–H and O–H groups in total. The fourth-order valence-corrected chi connectivity index (χ4v) is 3.43. The van der Waals surface area contributed by atoms with Crippen LogP contribution in [0.4, 0.5) is 0 Å². The molecule has 0 spiro atoms. The second-order valence-corrected chi connectivity index (χ2v) is 7.47. The summed E-state index contributed by atoms with van der Waals surface area (Å²) in [6.07, 6.45) is 0.825. The van der Waals surface area contributed by atoms with Crippen LogP contribution in [0.2, 0.25) is 5.02 Å². The lowest BCUT2D eigenvalue weighted by molar-refractivity contribution is 0.0390. The number of nitrogens with zero attached hydrogens (tertiary/aromatic N) is 1. The van der Waals surface area contributed by atoms with Crippen LogP contribution in [-0.4, -0.2) is 59.3 Å². The number of ether oxygens (including phenoxy) is 2. The summed E-state index contributed by atoms with van der Waals surface area (Å²) >= 11 is 6.03. The van der Waals surface area contributed by atoms with Gasteiger partial charge in [-0.05, 0) is 18.6 Å². The van der Waals surface area contributed by atoms with Gasteiger partial charge in [0.1, 0.15) is 5.75 Å². The summed E-state index contributed by atoms with van der Waals surface area (Å²) in [5.74, 6) is 0.393. The lowest BCUT2D eigenvalue weighted by Gasteiger charge is -2.26. The first-order chi connectivity index (χ1) is 11.0. The lowest BCUT2D eigenvalue weighted by Crippen LogP contribution is -2.41. The van der Waals surface area contributed by atoms with Crippen LogP contribution in [0.1, 0.15) is 13.3 Å². The summed E-state index contributed by atoms with van der Waals surface area (Å²) in [5.41, 5.74) is 0. The van der Waals surface area contributed by atoms with Crippen molar-refractivity contribution in [2.45, 2.75) is 18.2 Å². The summed E-state index contributed by atoms with van der Waals surface area (Å²) in [4.78, 5) is 2.33. The first kappa shape index (κ1) is 18.5. The molecule has 0 saturated carbocycles. The van der Waals surface area contributed by atoms with E-state index in [9.17, 15) is 8.42 Å². The molecule has 1 aliphatic rings. The van der Waals surface area contributed by atoms with Crippen molar-refractivity contribution in [2.24, 2.45) is 0 Å². The van der Waals surface area contributed by atoms with E-state index in [0.717, 1.165) is 19.5 Å². The fraction of sp³-hybridized carbons (Fsp3) is 0.600. The van der Waals surface area contributed by atoms with E-state index in [1.165, 1.54) is 12.1 Å². The third kappa shape index (κ3) is 5.61. The zero-order chi connectivity index (χ0) is 16.7. The maximum absolute atomic E-state index is 12.4. The second-order valence-electron chi connectivity index (χ2n) is 5.29. The van der Waals surface area contributed by atoms with Gasteiger partial charge in [0.15, 0.2) is 0 Å². The molecule has 1 heterocycles. The Morgan fingerprint density at radius 1 is 1.35 bits per heavy atom. The monoisotopic (exact) mass is 362 g/mol. The van der Waals surface area contributed by atoms with Gasteiger partial charge in [-0.2, -0.15) is 0 Å². The van der Waals surface area contributed by atoms with E-state index < -0.39 is 10.0 Å². The molecule has 1 fully saturated rings. The van der Waals surface area contributed by atoms with E-state index in [2.05, 4.69) is 9.62 Å². The number of benzene rings is 1. The molecule has 1 aromatic carbocycles. The van der Waals surface area contributed by atoms with Crippen LogP contribution in [0.5, 0.6) is 5.75 Å². The average Bonchev–Trinajstić information content (AvgIpc) is 2.55. The zero-order valence-corrected chi connectivity index (χ0v) is 14.8. The van der Waals surface area contributed by atoms with Crippen LogP contribution < -0.4 is 9.46 Å². The zero-order valence-electron chi connectivity index (χ0n) is 13.3. The van der Waals surface area contributed by atoms with Gasteiger partial charge in [-0.3, -0.25) is 4.90 Å². The number of rotatable bonds is 8. The standard InChI is InChI=1S/C15H23ClN2O4S/c1-2-9-22-15-12-13(3-4-14(15)16)23(19,20)17-5-6-18-7-10-21-11-8-18/h3-4,12,17H,2,5-11H2,1H3. The Labute approximate surface area is 142 Å². The molecule has 1 saturated heterocycles. The van der Waals surface area contributed by atoms with Crippen LogP contribution in [-0.2, 0) is 14.8 Å². The minimum absolute atomic E-state index is 0.162. The molecule has 0 aliphatic carbocycles. The molecule has 1 aliphatic heterocycles. The number of nitrogens with one attached hydrogen (secondary N) is 1. The average molecular weight is 363 g/mol. The predicted octanol–water partition coefficient (Wildman–Crippen LogP) is 1.74. The normalized spacial score (nSPS) is 16.4. The number of hydrogen-bond donors (Lipinski definition) is 1. The number of morpholine rings is 1. The Morgan fingerprint density at radius 3 is 2.78 bits per heavy atom. The number of halogens is 1. The van der Waals surface area contributed by atoms with E-state index in [1.807, 2.05) is 6.92 Å². The van der Waals surface area contributed by atoms with Crippen molar-refractivity contribution in [1.82, 2.24) is 9.62 Å². The van der Waals surface area contributed by atoms with Gasteiger partial charge in [0.25, 0.3) is 0 Å². The SMILES string of the molecule is CCCOc1cc(S(=O)(=O)NCCN2CCOCC2)ccc1Cl. The second kappa shape index (κ2) is 8.84. The van der Waals surface area contributed by atoms with Crippen LogP contribution in [0.15, 0.2) is 23.1 Å². The summed E-state index contributed by atoms with van der Waals surface area (Å²) < 4.78 is 38.1. The van der Waals surface area contributed by atoms with Crippen molar-refractivity contribution in [3.63, 3.8) is 0 Å². The van der Waals surface area contributed by atoms with Crippen LogP contribution in [0.3, 0.4) is 0 Å². The molecule has 0 bridgehead atoms. The molecule has 23 heavy (non-hydrogen) atoms. The van der Waals surface area contributed by atoms with Crippen molar-refractivity contribution in [3.05, 3.63) is 23.2 Å². The minimum Gasteiger partial charge on any atom is -0.492 e. The number of sulfonamides is 1. The first-order valence-corrected chi connectivity index (χ1v) is 9.61. The summed E-state index contributed by atoms with van der Waals surface area (Å²) in [6, 6.07) is 4.50.